The first kappa shape index (κ1) is 13.8. The van der Waals surface area contributed by atoms with Gasteiger partial charge in [0, 0.05) is 11.0 Å². The molecule has 2 N–H and O–H groups in total. The zero-order chi connectivity index (χ0) is 14.7. The molecular formula is C18H15FNP. The average molecular weight is 295 g/mol. The van der Waals surface area contributed by atoms with Gasteiger partial charge in [0.1, 0.15) is 5.82 Å². The molecule has 0 saturated heterocycles. The van der Waals surface area contributed by atoms with E-state index in [-0.39, 0.29) is 5.82 Å². The molecule has 0 radical (unpaired) electrons. The minimum Gasteiger partial charge on any atom is -0.398 e. The molecule has 0 aromatic heterocycles. The minimum atomic E-state index is -0.848. The maximum atomic E-state index is 13.7. The largest absolute Gasteiger partial charge is 0.398 e. The van der Waals surface area contributed by atoms with Crippen molar-refractivity contribution in [1.29, 1.82) is 0 Å². The first-order valence-corrected chi connectivity index (χ1v) is 8.05. The molecule has 0 aliphatic heterocycles. The summed E-state index contributed by atoms with van der Waals surface area (Å²) in [5.74, 6) is -0.251. The molecule has 0 aliphatic carbocycles. The number of halogens is 1. The van der Waals surface area contributed by atoms with Crippen LogP contribution in [-0.4, -0.2) is 0 Å². The van der Waals surface area contributed by atoms with Gasteiger partial charge in [0.05, 0.1) is 0 Å². The summed E-state index contributed by atoms with van der Waals surface area (Å²) >= 11 is 0. The monoisotopic (exact) mass is 295 g/mol. The minimum absolute atomic E-state index is 0.251. The number of nitrogens with two attached hydrogens (primary N) is 1. The van der Waals surface area contributed by atoms with Crippen LogP contribution < -0.4 is 21.6 Å². The normalized spacial score (nSPS) is 10.8. The number of rotatable bonds is 3. The lowest BCUT2D eigenvalue weighted by Gasteiger charge is -2.20. The van der Waals surface area contributed by atoms with Crippen molar-refractivity contribution in [3.8, 4) is 0 Å². The summed E-state index contributed by atoms with van der Waals surface area (Å²) in [6, 6.07) is 24.9. The summed E-state index contributed by atoms with van der Waals surface area (Å²) in [7, 11) is -0.848. The van der Waals surface area contributed by atoms with E-state index in [1.807, 2.05) is 36.4 Å². The Morgan fingerprint density at radius 2 is 1.24 bits per heavy atom. The third kappa shape index (κ3) is 2.96. The van der Waals surface area contributed by atoms with Gasteiger partial charge < -0.3 is 5.73 Å². The number of nitrogen functional groups attached to an aromatic ring is 1. The van der Waals surface area contributed by atoms with Gasteiger partial charge in [0.15, 0.2) is 0 Å². The number of benzene rings is 3. The van der Waals surface area contributed by atoms with Crippen molar-refractivity contribution in [2.24, 2.45) is 0 Å². The number of hydrogen-bond donors (Lipinski definition) is 1. The van der Waals surface area contributed by atoms with Crippen molar-refractivity contribution >= 4 is 29.5 Å². The van der Waals surface area contributed by atoms with Crippen molar-refractivity contribution in [2.75, 3.05) is 5.73 Å². The van der Waals surface area contributed by atoms with Crippen LogP contribution in [0.5, 0.6) is 0 Å². The smallest absolute Gasteiger partial charge is 0.124 e. The molecule has 21 heavy (non-hydrogen) atoms. The predicted molar refractivity (Wildman–Crippen MR) is 89.5 cm³/mol. The van der Waals surface area contributed by atoms with Crippen molar-refractivity contribution in [1.82, 2.24) is 0 Å². The lowest BCUT2D eigenvalue weighted by atomic mass is 10.3. The van der Waals surface area contributed by atoms with E-state index in [4.69, 9.17) is 5.73 Å². The van der Waals surface area contributed by atoms with E-state index in [1.165, 1.54) is 6.07 Å². The molecule has 0 atom stereocenters. The van der Waals surface area contributed by atoms with Gasteiger partial charge in [-0.3, -0.25) is 0 Å². The van der Waals surface area contributed by atoms with Gasteiger partial charge >= 0.3 is 0 Å². The van der Waals surface area contributed by atoms with Gasteiger partial charge in [0.2, 0.25) is 0 Å². The Bertz CT molecular complexity index is 689. The molecule has 0 spiro atoms. The maximum absolute atomic E-state index is 13.7. The topological polar surface area (TPSA) is 26.0 Å². The fourth-order valence-electron chi connectivity index (χ4n) is 2.29. The van der Waals surface area contributed by atoms with E-state index < -0.39 is 7.92 Å². The zero-order valence-corrected chi connectivity index (χ0v) is 12.3. The van der Waals surface area contributed by atoms with Crippen LogP contribution in [0.1, 0.15) is 0 Å². The molecule has 3 aromatic rings. The van der Waals surface area contributed by atoms with E-state index in [0.29, 0.717) is 5.69 Å². The first-order valence-electron chi connectivity index (χ1n) is 6.71. The van der Waals surface area contributed by atoms with E-state index in [2.05, 4.69) is 24.3 Å². The fraction of sp³-hybridized carbons (Fsp3) is 0. The van der Waals surface area contributed by atoms with E-state index in [9.17, 15) is 4.39 Å². The third-order valence-corrected chi connectivity index (χ3v) is 5.76. The van der Waals surface area contributed by atoms with Gasteiger partial charge in [-0.25, -0.2) is 4.39 Å². The Balaban J connectivity index is 2.20. The SMILES string of the molecule is Nc1ccc(F)cc1P(c1ccccc1)c1ccccc1. The standard InChI is InChI=1S/C18H15FNP/c19-14-11-12-17(20)18(13-14)21(15-7-3-1-4-8-15)16-9-5-2-6-10-16/h1-13H,20H2. The summed E-state index contributed by atoms with van der Waals surface area (Å²) in [4.78, 5) is 0. The summed E-state index contributed by atoms with van der Waals surface area (Å²) in [6.07, 6.45) is 0. The van der Waals surface area contributed by atoms with Crippen molar-refractivity contribution in [3.63, 3.8) is 0 Å². The van der Waals surface area contributed by atoms with Crippen molar-refractivity contribution < 1.29 is 4.39 Å². The quantitative estimate of drug-likeness (QED) is 0.583. The first-order chi connectivity index (χ1) is 10.3. The molecular weight excluding hydrogens is 280 g/mol. The summed E-state index contributed by atoms with van der Waals surface area (Å²) in [5.41, 5.74) is 6.75. The Morgan fingerprint density at radius 3 is 1.76 bits per heavy atom. The molecule has 0 heterocycles. The van der Waals surface area contributed by atoms with Crippen molar-refractivity contribution in [3.05, 3.63) is 84.7 Å². The molecule has 104 valence electrons. The van der Waals surface area contributed by atoms with E-state index in [1.54, 1.807) is 12.1 Å². The molecule has 0 bridgehead atoms. The Hall–Kier alpha value is -2.18. The molecule has 3 rings (SSSR count). The zero-order valence-electron chi connectivity index (χ0n) is 11.4. The van der Waals surface area contributed by atoms with Crippen LogP contribution in [0.15, 0.2) is 78.9 Å². The highest BCUT2D eigenvalue weighted by Crippen LogP contribution is 2.34. The van der Waals surface area contributed by atoms with Crippen LogP contribution in [-0.2, 0) is 0 Å². The second kappa shape index (κ2) is 6.07. The predicted octanol–water partition coefficient (Wildman–Crippen LogP) is 3.17. The molecule has 1 nitrogen and oxygen atoms in total. The molecule has 0 saturated carbocycles. The highest BCUT2D eigenvalue weighted by Gasteiger charge is 2.18. The van der Waals surface area contributed by atoms with Gasteiger partial charge in [-0.2, -0.15) is 0 Å². The van der Waals surface area contributed by atoms with Crippen LogP contribution in [0.4, 0.5) is 10.1 Å². The second-order valence-corrected chi connectivity index (χ2v) is 6.90. The summed E-state index contributed by atoms with van der Waals surface area (Å²) in [6.45, 7) is 0. The lowest BCUT2D eigenvalue weighted by Crippen LogP contribution is -2.23. The molecule has 3 aromatic carbocycles. The van der Waals surface area contributed by atoms with Crippen LogP contribution in [0.3, 0.4) is 0 Å². The summed E-state index contributed by atoms with van der Waals surface area (Å²) in [5, 5.41) is 3.19. The Labute approximate surface area is 125 Å². The van der Waals surface area contributed by atoms with E-state index in [0.717, 1.165) is 15.9 Å². The molecule has 0 unspecified atom stereocenters. The van der Waals surface area contributed by atoms with Crippen LogP contribution >= 0.6 is 7.92 Å². The van der Waals surface area contributed by atoms with Crippen LogP contribution in [0.25, 0.3) is 0 Å². The summed E-state index contributed by atoms with van der Waals surface area (Å²) < 4.78 is 13.7. The van der Waals surface area contributed by atoms with Gasteiger partial charge in [-0.15, -0.1) is 0 Å². The number of anilines is 1. The fourth-order valence-corrected chi connectivity index (χ4v) is 4.67. The van der Waals surface area contributed by atoms with Crippen molar-refractivity contribution in [2.45, 2.75) is 0 Å². The second-order valence-electron chi connectivity index (χ2n) is 4.71. The Morgan fingerprint density at radius 1 is 0.714 bits per heavy atom. The molecule has 0 fully saturated rings. The van der Waals surface area contributed by atoms with Crippen LogP contribution in [0.2, 0.25) is 0 Å². The highest BCUT2D eigenvalue weighted by molar-refractivity contribution is 7.80. The van der Waals surface area contributed by atoms with Gasteiger partial charge in [-0.1, -0.05) is 60.7 Å². The lowest BCUT2D eigenvalue weighted by molar-refractivity contribution is 0.629. The Kier molecular flexibility index (Phi) is 3.98. The highest BCUT2D eigenvalue weighted by atomic mass is 31.1. The van der Waals surface area contributed by atoms with Gasteiger partial charge in [-0.05, 0) is 36.7 Å². The number of hydrogen-bond acceptors (Lipinski definition) is 1. The molecule has 0 amide bonds. The third-order valence-electron chi connectivity index (χ3n) is 3.26. The molecule has 3 heteroatoms. The van der Waals surface area contributed by atoms with Crippen LogP contribution in [0, 0.1) is 5.82 Å². The maximum Gasteiger partial charge on any atom is 0.124 e. The van der Waals surface area contributed by atoms with E-state index >= 15 is 0 Å². The van der Waals surface area contributed by atoms with Gasteiger partial charge in [0.25, 0.3) is 0 Å². The molecule has 0 aliphatic rings. The average Bonchev–Trinajstić information content (AvgIpc) is 2.53.